The van der Waals surface area contributed by atoms with Gasteiger partial charge in [0.2, 0.25) is 10.7 Å². The second kappa shape index (κ2) is 9.80. The van der Waals surface area contributed by atoms with Crippen LogP contribution in [-0.2, 0) is 14.1 Å². The molecule has 0 saturated heterocycles. The highest BCUT2D eigenvalue weighted by atomic mass is 32.2. The van der Waals surface area contributed by atoms with E-state index in [9.17, 15) is 0 Å². The highest BCUT2D eigenvalue weighted by molar-refractivity contribution is 7.99. The van der Waals surface area contributed by atoms with Gasteiger partial charge in [0.1, 0.15) is 14.1 Å². The molecule has 156 valence electrons. The molecule has 0 unspecified atom stereocenters. The van der Waals surface area contributed by atoms with Crippen molar-refractivity contribution in [2.45, 2.75) is 5.03 Å². The summed E-state index contributed by atoms with van der Waals surface area (Å²) in [4.78, 5) is 2.36. The van der Waals surface area contributed by atoms with E-state index >= 15 is 0 Å². The third-order valence-corrected chi connectivity index (χ3v) is 6.67. The molecule has 0 bridgehead atoms. The predicted molar refractivity (Wildman–Crippen MR) is 132 cm³/mol. The lowest BCUT2D eigenvalue weighted by atomic mass is 10.0. The minimum atomic E-state index is 0.985. The second-order valence-corrected chi connectivity index (χ2v) is 8.82. The lowest BCUT2D eigenvalue weighted by Crippen LogP contribution is -2.30. The Morgan fingerprint density at radius 2 is 1.48 bits per heavy atom. The maximum atomic E-state index is 2.36. The van der Waals surface area contributed by atoms with E-state index in [2.05, 4.69) is 126 Å². The summed E-state index contributed by atoms with van der Waals surface area (Å²) in [5.74, 6) is 1.04. The van der Waals surface area contributed by atoms with Crippen LogP contribution in [0.5, 0.6) is 0 Å². The molecule has 2 aromatic carbocycles. The summed E-state index contributed by atoms with van der Waals surface area (Å²) in [6.45, 7) is 0.985. The van der Waals surface area contributed by atoms with Gasteiger partial charge in [-0.25, -0.2) is 4.57 Å². The highest BCUT2D eigenvalue weighted by Gasteiger charge is 2.11. The predicted octanol–water partition coefficient (Wildman–Crippen LogP) is 4.89. The van der Waals surface area contributed by atoms with Gasteiger partial charge >= 0.3 is 0 Å². The minimum Gasteiger partial charge on any atom is -0.373 e. The van der Waals surface area contributed by atoms with E-state index in [1.54, 1.807) is 0 Å². The van der Waals surface area contributed by atoms with Crippen LogP contribution in [0, 0.1) is 0 Å². The van der Waals surface area contributed by atoms with Gasteiger partial charge in [0, 0.05) is 60.8 Å². The summed E-state index contributed by atoms with van der Waals surface area (Å²) in [6.07, 6.45) is 8.57. The molecule has 0 amide bonds. The van der Waals surface area contributed by atoms with Gasteiger partial charge in [-0.1, -0.05) is 42.1 Å². The molecule has 2 aromatic heterocycles. The molecule has 0 atom stereocenters. The Morgan fingerprint density at radius 3 is 2.26 bits per heavy atom. The van der Waals surface area contributed by atoms with E-state index in [-0.39, 0.29) is 0 Å². The van der Waals surface area contributed by atoms with Crippen molar-refractivity contribution in [2.24, 2.45) is 14.1 Å². The number of nitrogens with zero attached hydrogens (tertiary/aromatic N) is 3. The average Bonchev–Trinajstić information content (AvgIpc) is 2.79. The quantitative estimate of drug-likeness (QED) is 0.307. The summed E-state index contributed by atoms with van der Waals surface area (Å²) < 4.78 is 4.30. The Labute approximate surface area is 189 Å². The van der Waals surface area contributed by atoms with Gasteiger partial charge in [-0.3, -0.25) is 0 Å². The van der Waals surface area contributed by atoms with Crippen LogP contribution in [0.3, 0.4) is 0 Å². The van der Waals surface area contributed by atoms with Crippen molar-refractivity contribution < 1.29 is 9.13 Å². The maximum Gasteiger partial charge on any atom is 0.239 e. The van der Waals surface area contributed by atoms with Crippen molar-refractivity contribution in [2.75, 3.05) is 24.2 Å². The summed E-state index contributed by atoms with van der Waals surface area (Å²) in [7, 11) is 6.36. The van der Waals surface area contributed by atoms with E-state index in [0.717, 1.165) is 12.3 Å². The number of pyridine rings is 2. The van der Waals surface area contributed by atoms with Gasteiger partial charge in [0.05, 0.1) is 0 Å². The normalized spacial score (nSPS) is 11.3. The first-order valence-electron chi connectivity index (χ1n) is 10.6. The second-order valence-electron chi connectivity index (χ2n) is 7.71. The number of anilines is 1. The number of hydrogen-bond acceptors (Lipinski definition) is 2. The van der Waals surface area contributed by atoms with Crippen molar-refractivity contribution in [1.29, 1.82) is 0 Å². The molecular weight excluding hydrogens is 398 g/mol. The van der Waals surface area contributed by atoms with Crippen molar-refractivity contribution in [3.63, 3.8) is 0 Å². The van der Waals surface area contributed by atoms with Crippen LogP contribution in [0.4, 0.5) is 5.69 Å². The summed E-state index contributed by atoms with van der Waals surface area (Å²) in [5.41, 5.74) is 3.69. The molecule has 0 radical (unpaired) electrons. The zero-order valence-corrected chi connectivity index (χ0v) is 19.2. The maximum absolute atomic E-state index is 2.36. The van der Waals surface area contributed by atoms with E-state index in [1.165, 1.54) is 32.7 Å². The van der Waals surface area contributed by atoms with Crippen molar-refractivity contribution in [3.05, 3.63) is 96.4 Å². The Kier molecular flexibility index (Phi) is 6.68. The third-order valence-electron chi connectivity index (χ3n) is 5.56. The largest absolute Gasteiger partial charge is 0.373 e. The smallest absolute Gasteiger partial charge is 0.239 e. The van der Waals surface area contributed by atoms with E-state index in [4.69, 9.17) is 0 Å². The molecule has 2 heterocycles. The lowest BCUT2D eigenvalue weighted by molar-refractivity contribution is -0.708. The van der Waals surface area contributed by atoms with Crippen molar-refractivity contribution in [3.8, 4) is 0 Å². The summed E-state index contributed by atoms with van der Waals surface area (Å²) in [5, 5.41) is 3.86. The molecular formula is C27H29N3S+2. The van der Waals surface area contributed by atoms with Crippen LogP contribution in [0.25, 0.3) is 22.9 Å². The van der Waals surface area contributed by atoms with Crippen molar-refractivity contribution >= 4 is 40.4 Å². The standard InChI is InChI=1S/C27H29N3S/c1-28-18-8-6-10-23(28)16-14-22-15-17-26(25-12-5-4-11-24(22)25)29(2)20-21-31-27-13-7-9-19-30(27)3/h4-19H,20-21H2,1-3H3/q+2. The van der Waals surface area contributed by atoms with Gasteiger partial charge in [0.25, 0.3) is 0 Å². The molecule has 0 fully saturated rings. The highest BCUT2D eigenvalue weighted by Crippen LogP contribution is 2.30. The molecule has 3 nitrogen and oxygen atoms in total. The van der Waals surface area contributed by atoms with Gasteiger partial charge in [-0.2, -0.15) is 4.57 Å². The number of aryl methyl sites for hydroxylation is 2. The molecule has 0 saturated carbocycles. The first-order valence-corrected chi connectivity index (χ1v) is 11.5. The zero-order chi connectivity index (χ0) is 21.6. The monoisotopic (exact) mass is 427 g/mol. The number of aromatic nitrogens is 2. The SMILES string of the molecule is CN(CCSc1cccc[n+]1C)c1ccc(/C=C/c2cccc[n+]2C)c2ccccc12. The molecule has 4 heteroatoms. The molecule has 0 aliphatic rings. The number of fused-ring (bicyclic) bond motifs is 1. The average molecular weight is 428 g/mol. The lowest BCUT2D eigenvalue weighted by Gasteiger charge is -2.21. The number of hydrogen-bond donors (Lipinski definition) is 0. The van der Waals surface area contributed by atoms with Crippen LogP contribution in [0.2, 0.25) is 0 Å². The Balaban J connectivity index is 1.54. The third kappa shape index (κ3) is 4.97. The van der Waals surface area contributed by atoms with E-state index in [1.807, 2.05) is 17.8 Å². The van der Waals surface area contributed by atoms with Crippen LogP contribution in [0.1, 0.15) is 11.3 Å². The fourth-order valence-corrected chi connectivity index (χ4v) is 4.75. The Bertz CT molecular complexity index is 1220. The molecule has 0 N–H and O–H groups in total. The fraction of sp³-hybridized carbons (Fsp3) is 0.185. The van der Waals surface area contributed by atoms with Gasteiger partial charge in [-0.15, -0.1) is 0 Å². The molecule has 31 heavy (non-hydrogen) atoms. The number of rotatable bonds is 7. The van der Waals surface area contributed by atoms with Gasteiger partial charge < -0.3 is 4.90 Å². The Hall–Kier alpha value is -3.11. The zero-order valence-electron chi connectivity index (χ0n) is 18.4. The van der Waals surface area contributed by atoms with Gasteiger partial charge in [-0.05, 0) is 35.2 Å². The number of thioether (sulfide) groups is 1. The molecule has 0 spiro atoms. The van der Waals surface area contributed by atoms with Crippen LogP contribution >= 0.6 is 11.8 Å². The minimum absolute atomic E-state index is 0.985. The van der Waals surface area contributed by atoms with Crippen LogP contribution in [-0.4, -0.2) is 19.3 Å². The number of benzene rings is 2. The fourth-order valence-electron chi connectivity index (χ4n) is 3.73. The summed E-state index contributed by atoms with van der Waals surface area (Å²) in [6, 6.07) is 25.8. The van der Waals surface area contributed by atoms with Gasteiger partial charge in [0.15, 0.2) is 12.4 Å². The van der Waals surface area contributed by atoms with Crippen LogP contribution < -0.4 is 14.0 Å². The molecule has 0 aliphatic heterocycles. The Morgan fingerprint density at radius 1 is 0.774 bits per heavy atom. The molecule has 4 rings (SSSR count). The molecule has 4 aromatic rings. The topological polar surface area (TPSA) is 11.0 Å². The first-order chi connectivity index (χ1) is 15.1. The summed E-state index contributed by atoms with van der Waals surface area (Å²) >= 11 is 1.89. The van der Waals surface area contributed by atoms with E-state index in [0.29, 0.717) is 0 Å². The first kappa shape index (κ1) is 21.1. The van der Waals surface area contributed by atoms with E-state index < -0.39 is 0 Å². The van der Waals surface area contributed by atoms with Crippen molar-refractivity contribution in [1.82, 2.24) is 0 Å². The molecule has 0 aliphatic carbocycles. The van der Waals surface area contributed by atoms with Crippen LogP contribution in [0.15, 0.2) is 90.2 Å².